The van der Waals surface area contributed by atoms with Gasteiger partial charge in [0.05, 0.1) is 106 Å². The van der Waals surface area contributed by atoms with Crippen LogP contribution < -0.4 is 0 Å². The monoisotopic (exact) mass is 1260 g/mol. The molecule has 0 aliphatic heterocycles. The smallest absolute Gasteiger partial charge is 0.309 e. The number of nitrogens with zero attached hydrogens (tertiary/aromatic N) is 8. The highest BCUT2D eigenvalue weighted by atomic mass is 19.4. The molecule has 0 fully saturated rings. The lowest BCUT2D eigenvalue weighted by molar-refractivity contribution is -0.137. The van der Waals surface area contributed by atoms with Gasteiger partial charge in [-0.1, -0.05) is 170 Å². The van der Waals surface area contributed by atoms with Gasteiger partial charge < -0.3 is 27.4 Å². The van der Waals surface area contributed by atoms with Crippen LogP contribution >= 0.6 is 0 Å². The molecule has 0 aliphatic carbocycles. The first-order valence-corrected chi connectivity index (χ1v) is 32.5. The van der Waals surface area contributed by atoms with E-state index in [1.54, 1.807) is 0 Å². The standard InChI is InChI=1S/C87H49F3N8/c88-87(89,90)55-42-52(50-91)41-53(43-55)72-49-86(98-83-47-58(95-77-29-13-5-21-64(77)65-22-6-14-30-78(65)95)35-39-70(83)71-40-36-59(48-84(71)98)96-79-31-15-7-23-66(79)67-24-8-16-32-80(67)96)85(44-54(72)51-92)97-81-45-56(93-73-25-9-1-17-60(73)61-18-2-10-26-74(61)93)33-37-68(81)69-38-34-57(46-82(69)97)94-75-27-11-3-19-62(75)63-20-4-12-28-76(63)94/h1-49H. The molecule has 14 aromatic carbocycles. The van der Waals surface area contributed by atoms with E-state index in [9.17, 15) is 10.5 Å². The second-order valence-electron chi connectivity index (χ2n) is 25.4. The van der Waals surface area contributed by atoms with E-state index in [-0.39, 0.29) is 22.3 Å². The molecule has 0 bridgehead atoms. The van der Waals surface area contributed by atoms with Crippen LogP contribution in [0.25, 0.3) is 176 Å². The maximum atomic E-state index is 15.3. The van der Waals surface area contributed by atoms with Crippen LogP contribution in [0, 0.1) is 22.7 Å². The van der Waals surface area contributed by atoms with Crippen LogP contribution in [0.2, 0.25) is 0 Å². The van der Waals surface area contributed by atoms with Gasteiger partial charge in [-0.2, -0.15) is 23.7 Å². The van der Waals surface area contributed by atoms with E-state index in [1.807, 2.05) is 18.2 Å². The van der Waals surface area contributed by atoms with Crippen molar-refractivity contribution in [2.75, 3.05) is 0 Å². The zero-order valence-electron chi connectivity index (χ0n) is 52.0. The van der Waals surface area contributed by atoms with E-state index in [4.69, 9.17) is 0 Å². The normalized spacial score (nSPS) is 12.2. The Morgan fingerprint density at radius 3 is 0.776 bits per heavy atom. The molecule has 11 heteroatoms. The second-order valence-corrected chi connectivity index (χ2v) is 25.4. The van der Waals surface area contributed by atoms with Crippen LogP contribution in [-0.4, -0.2) is 27.4 Å². The van der Waals surface area contributed by atoms with Crippen LogP contribution in [0.4, 0.5) is 13.2 Å². The summed E-state index contributed by atoms with van der Waals surface area (Å²) >= 11 is 0. The van der Waals surface area contributed by atoms with Crippen LogP contribution in [-0.2, 0) is 6.18 Å². The number of aromatic nitrogens is 6. The molecule has 458 valence electrons. The number of halogens is 3. The van der Waals surface area contributed by atoms with Crippen molar-refractivity contribution in [1.29, 1.82) is 10.5 Å². The molecule has 0 saturated carbocycles. The van der Waals surface area contributed by atoms with Crippen molar-refractivity contribution >= 4 is 131 Å². The number of fused-ring (bicyclic) bond motifs is 18. The quantitative estimate of drug-likeness (QED) is 0.159. The van der Waals surface area contributed by atoms with E-state index in [0.29, 0.717) is 11.4 Å². The summed E-state index contributed by atoms with van der Waals surface area (Å²) in [5.74, 6) is 0. The molecule has 8 nitrogen and oxygen atoms in total. The molecule has 6 aromatic heterocycles. The highest BCUT2D eigenvalue weighted by Gasteiger charge is 2.33. The number of rotatable bonds is 7. The van der Waals surface area contributed by atoms with Crippen molar-refractivity contribution in [2.24, 2.45) is 0 Å². The third-order valence-corrected chi connectivity index (χ3v) is 20.2. The first-order valence-electron chi connectivity index (χ1n) is 32.5. The molecule has 6 heterocycles. The van der Waals surface area contributed by atoms with Crippen molar-refractivity contribution < 1.29 is 13.2 Å². The van der Waals surface area contributed by atoms with E-state index < -0.39 is 11.7 Å². The van der Waals surface area contributed by atoms with Crippen LogP contribution in [0.3, 0.4) is 0 Å². The van der Waals surface area contributed by atoms with Gasteiger partial charge in [0, 0.05) is 92.9 Å². The molecule has 0 spiro atoms. The van der Waals surface area contributed by atoms with E-state index in [0.717, 1.165) is 166 Å². The lowest BCUT2D eigenvalue weighted by atomic mass is 9.95. The molecule has 0 N–H and O–H groups in total. The van der Waals surface area contributed by atoms with Crippen LogP contribution in [0.5, 0.6) is 0 Å². The number of para-hydroxylation sites is 8. The number of alkyl halides is 3. The molecular weight excluding hydrogens is 1210 g/mol. The van der Waals surface area contributed by atoms with Crippen molar-refractivity contribution in [3.63, 3.8) is 0 Å². The van der Waals surface area contributed by atoms with Gasteiger partial charge in [-0.15, -0.1) is 0 Å². The Labute approximate surface area is 556 Å². The van der Waals surface area contributed by atoms with E-state index in [1.165, 1.54) is 6.07 Å². The first-order chi connectivity index (χ1) is 48.2. The first kappa shape index (κ1) is 55.1. The summed E-state index contributed by atoms with van der Waals surface area (Å²) < 4.78 is 59.6. The number of nitriles is 2. The highest BCUT2D eigenvalue weighted by molar-refractivity contribution is 6.17. The maximum absolute atomic E-state index is 15.3. The van der Waals surface area contributed by atoms with Gasteiger partial charge in [0.15, 0.2) is 0 Å². The van der Waals surface area contributed by atoms with Crippen molar-refractivity contribution in [3.05, 3.63) is 314 Å². The third kappa shape index (κ3) is 7.87. The molecule has 0 aliphatic rings. The molecule has 0 radical (unpaired) electrons. The fraction of sp³-hybridized carbons (Fsp3) is 0.0115. The number of hydrogen-bond donors (Lipinski definition) is 0. The van der Waals surface area contributed by atoms with Gasteiger partial charge in [-0.3, -0.25) is 0 Å². The van der Waals surface area contributed by atoms with Gasteiger partial charge in [0.2, 0.25) is 0 Å². The highest BCUT2D eigenvalue weighted by Crippen LogP contribution is 2.47. The topological polar surface area (TPSA) is 77.2 Å². The van der Waals surface area contributed by atoms with Crippen LogP contribution in [0.1, 0.15) is 16.7 Å². The Morgan fingerprint density at radius 1 is 0.245 bits per heavy atom. The Hall–Kier alpha value is -13.4. The summed E-state index contributed by atoms with van der Waals surface area (Å²) in [6, 6.07) is 105. The van der Waals surface area contributed by atoms with E-state index in [2.05, 4.69) is 300 Å². The van der Waals surface area contributed by atoms with Crippen LogP contribution in [0.15, 0.2) is 297 Å². The predicted molar refractivity (Wildman–Crippen MR) is 392 cm³/mol. The Kier molecular flexibility index (Phi) is 11.6. The molecule has 0 saturated heterocycles. The number of benzene rings is 14. The SMILES string of the molecule is N#Cc1cc(-c2cc(-n3c4cc(-n5c6ccccc6c6ccccc65)ccc4c4ccc(-n5c6ccccc6c6ccccc65)cc43)c(-n3c4cc(-n5c6ccccc6c6ccccc65)ccc4c4ccc(-n5c6ccccc6c6ccccc65)cc43)cc2C#N)cc(C(F)(F)F)c1. The molecule has 20 rings (SSSR count). The average molecular weight is 1260 g/mol. The van der Waals surface area contributed by atoms with Gasteiger partial charge in [-0.05, 0) is 133 Å². The summed E-state index contributed by atoms with van der Waals surface area (Å²) in [6.07, 6.45) is -4.82. The van der Waals surface area contributed by atoms with Gasteiger partial charge >= 0.3 is 6.18 Å². The summed E-state index contributed by atoms with van der Waals surface area (Å²) in [5, 5.41) is 34.9. The minimum Gasteiger partial charge on any atom is -0.309 e. The molecular formula is C87H49F3N8. The second kappa shape index (κ2) is 20.6. The Balaban J connectivity index is 0.972. The lowest BCUT2D eigenvalue weighted by Gasteiger charge is -2.21. The zero-order chi connectivity index (χ0) is 65.2. The van der Waals surface area contributed by atoms with Crippen molar-refractivity contribution in [1.82, 2.24) is 27.4 Å². The van der Waals surface area contributed by atoms with Gasteiger partial charge in [0.25, 0.3) is 0 Å². The number of hydrogen-bond acceptors (Lipinski definition) is 2. The average Bonchev–Trinajstić information content (AvgIpc) is 1.53. The summed E-state index contributed by atoms with van der Waals surface area (Å²) in [6.45, 7) is 0. The lowest BCUT2D eigenvalue weighted by Crippen LogP contribution is -2.08. The zero-order valence-corrected chi connectivity index (χ0v) is 52.0. The Bertz CT molecular complexity index is 6410. The Morgan fingerprint density at radius 2 is 0.510 bits per heavy atom. The largest absolute Gasteiger partial charge is 0.416 e. The molecule has 98 heavy (non-hydrogen) atoms. The fourth-order valence-electron chi connectivity index (χ4n) is 16.1. The minimum absolute atomic E-state index is 0.0722. The summed E-state index contributed by atoms with van der Waals surface area (Å²) in [5.41, 5.74) is 15.4. The van der Waals surface area contributed by atoms with Crippen molar-refractivity contribution in [3.8, 4) is 57.4 Å². The minimum atomic E-state index is -4.82. The van der Waals surface area contributed by atoms with Crippen molar-refractivity contribution in [2.45, 2.75) is 6.18 Å². The summed E-state index contributed by atoms with van der Waals surface area (Å²) in [4.78, 5) is 0. The molecule has 0 unspecified atom stereocenters. The third-order valence-electron chi connectivity index (χ3n) is 20.2. The van der Waals surface area contributed by atoms with Gasteiger partial charge in [-0.25, -0.2) is 0 Å². The predicted octanol–water partition coefficient (Wildman–Crippen LogP) is 22.7. The molecule has 20 aromatic rings. The maximum Gasteiger partial charge on any atom is 0.416 e. The van der Waals surface area contributed by atoms with Gasteiger partial charge in [0.1, 0.15) is 0 Å². The molecule has 0 amide bonds. The molecule has 0 atom stereocenters. The summed E-state index contributed by atoms with van der Waals surface area (Å²) in [7, 11) is 0. The van der Waals surface area contributed by atoms with E-state index >= 15 is 13.2 Å². The fourth-order valence-corrected chi connectivity index (χ4v) is 16.1.